The molecule has 2 aromatic carbocycles. The summed E-state index contributed by atoms with van der Waals surface area (Å²) in [5, 5.41) is 0. The monoisotopic (exact) mass is 432 g/mol. The molecule has 0 radical (unpaired) electrons. The molecule has 0 bridgehead atoms. The van der Waals surface area contributed by atoms with Crippen LogP contribution in [0.4, 0.5) is 13.2 Å². The van der Waals surface area contributed by atoms with Crippen molar-refractivity contribution >= 4 is 17.1 Å². The van der Waals surface area contributed by atoms with Gasteiger partial charge < -0.3 is 4.57 Å². The first kappa shape index (κ1) is 22.0. The second kappa shape index (κ2) is 8.60. The van der Waals surface area contributed by atoms with E-state index in [1.54, 1.807) is 0 Å². The van der Waals surface area contributed by atoms with E-state index in [0.29, 0.717) is 9.68 Å². The summed E-state index contributed by atoms with van der Waals surface area (Å²) in [7, 11) is 0. The third-order valence-electron chi connectivity index (χ3n) is 4.47. The lowest BCUT2D eigenvalue weighted by Gasteiger charge is -2.14. The Balaban J connectivity index is 2.22. The fourth-order valence-electron chi connectivity index (χ4n) is 3.14. The van der Waals surface area contributed by atoms with Crippen molar-refractivity contribution in [1.82, 2.24) is 4.57 Å². The van der Waals surface area contributed by atoms with Crippen LogP contribution in [-0.2, 0) is 6.18 Å². The molecule has 0 atom stereocenters. The maximum atomic E-state index is 13.3. The molecule has 0 N–H and O–H groups in total. The molecular weight excluding hydrogens is 409 g/mol. The summed E-state index contributed by atoms with van der Waals surface area (Å²) >= 11 is 1.27. The highest BCUT2D eigenvalue weighted by molar-refractivity contribution is 7.12. The molecule has 1 heterocycles. The Morgan fingerprint density at radius 2 is 1.57 bits per heavy atom. The van der Waals surface area contributed by atoms with Crippen molar-refractivity contribution in [1.29, 1.82) is 0 Å². The Morgan fingerprint density at radius 3 is 2.07 bits per heavy atom. The van der Waals surface area contributed by atoms with Crippen LogP contribution in [0.2, 0.25) is 0 Å². The molecule has 0 amide bonds. The van der Waals surface area contributed by atoms with Gasteiger partial charge in [0.25, 0.3) is 0 Å². The summed E-state index contributed by atoms with van der Waals surface area (Å²) in [5.41, 5.74) is 1.04. The molecule has 0 unspecified atom stereocenters. The number of carbonyl (C=O) groups is 1. The maximum Gasteiger partial charge on any atom is 0.416 e. The Morgan fingerprint density at radius 1 is 0.967 bits per heavy atom. The molecule has 0 saturated heterocycles. The van der Waals surface area contributed by atoms with Crippen molar-refractivity contribution in [3.63, 3.8) is 0 Å². The van der Waals surface area contributed by atoms with Gasteiger partial charge in [-0.25, -0.2) is 0 Å². The van der Waals surface area contributed by atoms with Crippen molar-refractivity contribution in [3.8, 4) is 11.3 Å². The minimum atomic E-state index is -4.44. The summed E-state index contributed by atoms with van der Waals surface area (Å²) in [6, 6.07) is 14.0. The molecule has 30 heavy (non-hydrogen) atoms. The van der Waals surface area contributed by atoms with Gasteiger partial charge in [0, 0.05) is 17.6 Å². The number of ketones is 1. The van der Waals surface area contributed by atoms with Crippen molar-refractivity contribution in [2.75, 3.05) is 0 Å². The first-order valence-corrected chi connectivity index (χ1v) is 10.5. The third-order valence-corrected chi connectivity index (χ3v) is 5.54. The molecule has 0 fully saturated rings. The highest BCUT2D eigenvalue weighted by Gasteiger charge is 2.31. The average molecular weight is 433 g/mol. The van der Waals surface area contributed by atoms with E-state index in [9.17, 15) is 18.0 Å². The van der Waals surface area contributed by atoms with E-state index in [-0.39, 0.29) is 23.4 Å². The largest absolute Gasteiger partial charge is 0.416 e. The number of thiazole rings is 1. The number of benzene rings is 2. The number of hydrogen-bond donors (Lipinski definition) is 0. The zero-order chi connectivity index (χ0) is 22.1. The maximum absolute atomic E-state index is 13.3. The summed E-state index contributed by atoms with van der Waals surface area (Å²) in [6.07, 6.45) is -4.44. The molecular formula is C23H23F3N2OS. The normalized spacial score (nSPS) is 12.8. The molecule has 3 nitrogen and oxygen atoms in total. The number of aromatic nitrogens is 1. The lowest BCUT2D eigenvalue weighted by atomic mass is 10.0. The predicted molar refractivity (Wildman–Crippen MR) is 114 cm³/mol. The van der Waals surface area contributed by atoms with Crippen LogP contribution in [-0.4, -0.2) is 16.4 Å². The van der Waals surface area contributed by atoms with Gasteiger partial charge in [0.2, 0.25) is 5.78 Å². The van der Waals surface area contributed by atoms with Gasteiger partial charge in [-0.3, -0.25) is 9.79 Å². The molecule has 3 aromatic rings. The van der Waals surface area contributed by atoms with Crippen molar-refractivity contribution in [3.05, 3.63) is 75.4 Å². The molecule has 0 aliphatic carbocycles. The molecule has 0 spiro atoms. The highest BCUT2D eigenvalue weighted by Crippen LogP contribution is 2.32. The zero-order valence-corrected chi connectivity index (χ0v) is 18.0. The van der Waals surface area contributed by atoms with E-state index in [4.69, 9.17) is 4.99 Å². The van der Waals surface area contributed by atoms with Gasteiger partial charge in [-0.05, 0) is 45.4 Å². The van der Waals surface area contributed by atoms with Crippen molar-refractivity contribution < 1.29 is 18.0 Å². The number of alkyl halides is 3. The Kier molecular flexibility index (Phi) is 6.31. The van der Waals surface area contributed by atoms with Gasteiger partial charge in [-0.1, -0.05) is 53.8 Å². The first-order valence-electron chi connectivity index (χ1n) is 9.66. The smallest absolute Gasteiger partial charge is 0.314 e. The van der Waals surface area contributed by atoms with E-state index in [1.807, 2.05) is 62.6 Å². The number of halogens is 3. The lowest BCUT2D eigenvalue weighted by Crippen LogP contribution is -2.20. The molecule has 7 heteroatoms. The van der Waals surface area contributed by atoms with Crippen LogP contribution in [0, 0.1) is 0 Å². The molecule has 0 aliphatic heterocycles. The van der Waals surface area contributed by atoms with E-state index >= 15 is 0 Å². The standard InChI is InChI=1S/C23H23F3N2OS/c1-14(2)27-22-28(15(3)4)19(16-8-6-5-7-9-16)21(30-22)20(29)17-10-12-18(13-11-17)23(24,25)26/h5-15H,1-4H3. The number of hydrogen-bond acceptors (Lipinski definition) is 3. The summed E-state index contributed by atoms with van der Waals surface area (Å²) in [5.74, 6) is -0.313. The van der Waals surface area contributed by atoms with E-state index in [0.717, 1.165) is 23.4 Å². The topological polar surface area (TPSA) is 34.4 Å². The Bertz CT molecular complexity index is 1090. The third kappa shape index (κ3) is 4.56. The van der Waals surface area contributed by atoms with Crippen LogP contribution in [0.3, 0.4) is 0 Å². The average Bonchev–Trinajstić information content (AvgIpc) is 3.06. The van der Waals surface area contributed by atoms with Crippen molar-refractivity contribution in [2.24, 2.45) is 4.99 Å². The second-order valence-electron chi connectivity index (χ2n) is 7.52. The molecule has 158 valence electrons. The second-order valence-corrected chi connectivity index (χ2v) is 8.50. The molecule has 0 saturated carbocycles. The molecule has 3 rings (SSSR count). The Hall–Kier alpha value is -2.67. The fourth-order valence-corrected chi connectivity index (χ4v) is 4.51. The SMILES string of the molecule is CC(C)N=c1sc(C(=O)c2ccc(C(F)(F)F)cc2)c(-c2ccccc2)n1C(C)C. The van der Waals surface area contributed by atoms with Gasteiger partial charge in [0.15, 0.2) is 4.80 Å². The molecule has 0 aliphatic rings. The number of rotatable bonds is 5. The van der Waals surface area contributed by atoms with Crippen LogP contribution in [0.5, 0.6) is 0 Å². The van der Waals surface area contributed by atoms with Crippen LogP contribution in [0.15, 0.2) is 59.6 Å². The minimum absolute atomic E-state index is 0.0336. The first-order chi connectivity index (χ1) is 14.1. The van der Waals surface area contributed by atoms with Crippen LogP contribution in [0.25, 0.3) is 11.3 Å². The van der Waals surface area contributed by atoms with Gasteiger partial charge in [-0.2, -0.15) is 13.2 Å². The van der Waals surface area contributed by atoms with Gasteiger partial charge in [-0.15, -0.1) is 0 Å². The van der Waals surface area contributed by atoms with Crippen LogP contribution < -0.4 is 4.80 Å². The van der Waals surface area contributed by atoms with E-state index in [1.165, 1.54) is 23.5 Å². The van der Waals surface area contributed by atoms with Gasteiger partial charge in [0.05, 0.1) is 11.3 Å². The predicted octanol–water partition coefficient (Wildman–Crippen LogP) is 6.36. The fraction of sp³-hybridized carbons (Fsp3) is 0.304. The zero-order valence-electron chi connectivity index (χ0n) is 17.2. The van der Waals surface area contributed by atoms with Crippen LogP contribution >= 0.6 is 11.3 Å². The van der Waals surface area contributed by atoms with Crippen LogP contribution in [0.1, 0.15) is 54.5 Å². The summed E-state index contributed by atoms with van der Waals surface area (Å²) in [4.78, 5) is 19.2. The quantitative estimate of drug-likeness (QED) is 0.432. The molecule has 1 aromatic heterocycles. The number of nitrogens with zero attached hydrogens (tertiary/aromatic N) is 2. The van der Waals surface area contributed by atoms with E-state index < -0.39 is 11.7 Å². The Labute approximate surface area is 177 Å². The lowest BCUT2D eigenvalue weighted by molar-refractivity contribution is -0.137. The highest BCUT2D eigenvalue weighted by atomic mass is 32.1. The van der Waals surface area contributed by atoms with E-state index in [2.05, 4.69) is 0 Å². The van der Waals surface area contributed by atoms with Gasteiger partial charge >= 0.3 is 6.18 Å². The summed E-state index contributed by atoms with van der Waals surface area (Å²) in [6.45, 7) is 7.96. The van der Waals surface area contributed by atoms with Crippen molar-refractivity contribution in [2.45, 2.75) is 46.0 Å². The minimum Gasteiger partial charge on any atom is -0.314 e. The van der Waals surface area contributed by atoms with Gasteiger partial charge in [0.1, 0.15) is 4.88 Å². The summed E-state index contributed by atoms with van der Waals surface area (Å²) < 4.78 is 40.7. The number of carbonyl (C=O) groups excluding carboxylic acids is 1.